The van der Waals surface area contributed by atoms with Crippen LogP contribution < -0.4 is 10.1 Å². The molecule has 1 fully saturated rings. The van der Waals surface area contributed by atoms with Crippen molar-refractivity contribution in [1.82, 2.24) is 4.90 Å². The summed E-state index contributed by atoms with van der Waals surface area (Å²) in [6.45, 7) is 5.28. The van der Waals surface area contributed by atoms with Crippen LogP contribution in [0.2, 0.25) is 0 Å². The first-order valence-electron chi connectivity index (χ1n) is 11.6. The zero-order valence-corrected chi connectivity index (χ0v) is 18.4. The van der Waals surface area contributed by atoms with Crippen LogP contribution in [0.15, 0.2) is 84.9 Å². The third kappa shape index (κ3) is 7.15. The fourth-order valence-corrected chi connectivity index (χ4v) is 4.31. The van der Waals surface area contributed by atoms with Gasteiger partial charge in [0.05, 0.1) is 0 Å². The minimum Gasteiger partial charge on any atom is -0.489 e. The zero-order valence-electron chi connectivity index (χ0n) is 18.4. The molecule has 0 aromatic heterocycles. The van der Waals surface area contributed by atoms with Crippen LogP contribution in [0.25, 0.3) is 0 Å². The molecule has 31 heavy (non-hydrogen) atoms. The smallest absolute Gasteiger partial charge is 0.119 e. The second-order valence-electron chi connectivity index (χ2n) is 8.55. The highest BCUT2D eigenvalue weighted by Gasteiger charge is 2.18. The lowest BCUT2D eigenvalue weighted by molar-refractivity contribution is 0.183. The topological polar surface area (TPSA) is 24.5 Å². The first-order valence-corrected chi connectivity index (χ1v) is 11.6. The van der Waals surface area contributed by atoms with E-state index < -0.39 is 0 Å². The van der Waals surface area contributed by atoms with E-state index in [1.165, 1.54) is 56.4 Å². The third-order valence-electron chi connectivity index (χ3n) is 6.16. The van der Waals surface area contributed by atoms with Crippen molar-refractivity contribution in [1.29, 1.82) is 0 Å². The molecule has 1 N–H and O–H groups in total. The molecule has 4 rings (SSSR count). The standard InChI is InChI=1S/C28H34N2O/c1-3-8-24(9-4-1)22-25-16-20-30(21-17-25)19-7-18-29-27-12-14-28(15-13-27)31-23-26-10-5-2-6-11-26/h1-6,8-15,25,29H,7,16-23H2. The van der Waals surface area contributed by atoms with Gasteiger partial charge in [-0.1, -0.05) is 60.7 Å². The number of nitrogens with zero attached hydrogens (tertiary/aromatic N) is 1. The van der Waals surface area contributed by atoms with E-state index in [2.05, 4.69) is 64.8 Å². The fourth-order valence-electron chi connectivity index (χ4n) is 4.31. The lowest BCUT2D eigenvalue weighted by Gasteiger charge is -2.32. The highest BCUT2D eigenvalue weighted by Crippen LogP contribution is 2.22. The Bertz CT molecular complexity index is 872. The van der Waals surface area contributed by atoms with E-state index in [0.717, 1.165) is 23.9 Å². The number of nitrogens with one attached hydrogen (secondary N) is 1. The molecule has 0 amide bonds. The number of hydrogen-bond acceptors (Lipinski definition) is 3. The molecule has 1 aliphatic heterocycles. The van der Waals surface area contributed by atoms with Crippen molar-refractivity contribution in [3.05, 3.63) is 96.1 Å². The fraction of sp³-hybridized carbons (Fsp3) is 0.357. The normalized spacial score (nSPS) is 15.0. The monoisotopic (exact) mass is 414 g/mol. The molecule has 1 heterocycles. The maximum absolute atomic E-state index is 5.86. The average molecular weight is 415 g/mol. The number of benzene rings is 3. The van der Waals surface area contributed by atoms with E-state index in [1.54, 1.807) is 0 Å². The van der Waals surface area contributed by atoms with Crippen molar-refractivity contribution < 1.29 is 4.74 Å². The Balaban J connectivity index is 1.09. The van der Waals surface area contributed by atoms with Crippen LogP contribution in [-0.2, 0) is 13.0 Å². The van der Waals surface area contributed by atoms with E-state index in [0.29, 0.717) is 6.61 Å². The van der Waals surface area contributed by atoms with E-state index >= 15 is 0 Å². The Hall–Kier alpha value is -2.78. The van der Waals surface area contributed by atoms with Gasteiger partial charge in [-0.25, -0.2) is 0 Å². The lowest BCUT2D eigenvalue weighted by Crippen LogP contribution is -2.35. The first kappa shape index (κ1) is 21.5. The number of piperidine rings is 1. The van der Waals surface area contributed by atoms with Crippen LogP contribution in [0.1, 0.15) is 30.4 Å². The highest BCUT2D eigenvalue weighted by atomic mass is 16.5. The van der Waals surface area contributed by atoms with Crippen molar-refractivity contribution in [2.24, 2.45) is 5.92 Å². The molecule has 3 nitrogen and oxygen atoms in total. The van der Waals surface area contributed by atoms with E-state index in [4.69, 9.17) is 4.74 Å². The Morgan fingerprint density at radius 1 is 0.774 bits per heavy atom. The summed E-state index contributed by atoms with van der Waals surface area (Å²) in [5.74, 6) is 1.76. The van der Waals surface area contributed by atoms with Crippen molar-refractivity contribution in [2.45, 2.75) is 32.3 Å². The maximum atomic E-state index is 5.86. The second-order valence-corrected chi connectivity index (χ2v) is 8.55. The molecule has 1 saturated heterocycles. The van der Waals surface area contributed by atoms with Gasteiger partial charge in [-0.05, 0) is 86.6 Å². The van der Waals surface area contributed by atoms with Crippen LogP contribution >= 0.6 is 0 Å². The second kappa shape index (κ2) is 11.6. The molecular formula is C28H34N2O. The number of anilines is 1. The third-order valence-corrected chi connectivity index (χ3v) is 6.16. The van der Waals surface area contributed by atoms with E-state index in [-0.39, 0.29) is 0 Å². The van der Waals surface area contributed by atoms with Crippen LogP contribution in [0.3, 0.4) is 0 Å². The molecule has 0 bridgehead atoms. The number of hydrogen-bond donors (Lipinski definition) is 1. The van der Waals surface area contributed by atoms with Crippen LogP contribution in [-0.4, -0.2) is 31.1 Å². The summed E-state index contributed by atoms with van der Waals surface area (Å²) in [6.07, 6.45) is 5.07. The molecule has 3 aromatic rings. The molecule has 0 spiro atoms. The summed E-state index contributed by atoms with van der Waals surface area (Å²) < 4.78 is 5.86. The first-order chi connectivity index (χ1) is 15.3. The Morgan fingerprint density at radius 3 is 2.10 bits per heavy atom. The van der Waals surface area contributed by atoms with E-state index in [1.807, 2.05) is 30.3 Å². The summed E-state index contributed by atoms with van der Waals surface area (Å²) in [7, 11) is 0. The van der Waals surface area contributed by atoms with Crippen LogP contribution in [0.5, 0.6) is 5.75 Å². The number of rotatable bonds is 10. The summed E-state index contributed by atoms with van der Waals surface area (Å²) in [5, 5.41) is 3.54. The Labute approximate surface area is 187 Å². The van der Waals surface area contributed by atoms with E-state index in [9.17, 15) is 0 Å². The summed E-state index contributed by atoms with van der Waals surface area (Å²) >= 11 is 0. The van der Waals surface area contributed by atoms with Crippen LogP contribution in [0, 0.1) is 5.92 Å². The van der Waals surface area contributed by atoms with Gasteiger partial charge in [-0.3, -0.25) is 0 Å². The van der Waals surface area contributed by atoms with Gasteiger partial charge in [0.1, 0.15) is 12.4 Å². The van der Waals surface area contributed by atoms with Crippen LogP contribution in [0.4, 0.5) is 5.69 Å². The van der Waals surface area contributed by atoms with Gasteiger partial charge in [0.2, 0.25) is 0 Å². The molecule has 3 heteroatoms. The molecule has 0 atom stereocenters. The van der Waals surface area contributed by atoms with Crippen molar-refractivity contribution in [2.75, 3.05) is 31.5 Å². The molecule has 0 radical (unpaired) electrons. The molecule has 0 aliphatic carbocycles. The molecule has 0 unspecified atom stereocenters. The molecular weight excluding hydrogens is 380 g/mol. The maximum Gasteiger partial charge on any atom is 0.119 e. The largest absolute Gasteiger partial charge is 0.489 e. The molecule has 0 saturated carbocycles. The van der Waals surface area contributed by atoms with Crippen molar-refractivity contribution in [3.63, 3.8) is 0 Å². The lowest BCUT2D eigenvalue weighted by atomic mass is 9.90. The number of likely N-dealkylation sites (tertiary alicyclic amines) is 1. The van der Waals surface area contributed by atoms with Gasteiger partial charge in [0.25, 0.3) is 0 Å². The van der Waals surface area contributed by atoms with Crippen molar-refractivity contribution >= 4 is 5.69 Å². The Morgan fingerprint density at radius 2 is 1.42 bits per heavy atom. The predicted molar refractivity (Wildman–Crippen MR) is 130 cm³/mol. The summed E-state index contributed by atoms with van der Waals surface area (Å²) in [6, 6.07) is 29.5. The number of ether oxygens (including phenoxy) is 1. The minimum atomic E-state index is 0.607. The average Bonchev–Trinajstić information content (AvgIpc) is 2.84. The molecule has 3 aromatic carbocycles. The Kier molecular flexibility index (Phi) is 8.01. The molecule has 162 valence electrons. The highest BCUT2D eigenvalue weighted by molar-refractivity contribution is 5.46. The van der Waals surface area contributed by atoms with Crippen molar-refractivity contribution in [3.8, 4) is 5.75 Å². The minimum absolute atomic E-state index is 0.607. The van der Waals surface area contributed by atoms with Gasteiger partial charge in [0, 0.05) is 12.2 Å². The van der Waals surface area contributed by atoms with Gasteiger partial charge >= 0.3 is 0 Å². The van der Waals surface area contributed by atoms with Gasteiger partial charge < -0.3 is 15.0 Å². The quantitative estimate of drug-likeness (QED) is 0.410. The summed E-state index contributed by atoms with van der Waals surface area (Å²) in [5.41, 5.74) is 3.84. The van der Waals surface area contributed by atoms with Gasteiger partial charge in [-0.15, -0.1) is 0 Å². The summed E-state index contributed by atoms with van der Waals surface area (Å²) in [4.78, 5) is 2.63. The van der Waals surface area contributed by atoms with Gasteiger partial charge in [0.15, 0.2) is 0 Å². The molecule has 1 aliphatic rings. The van der Waals surface area contributed by atoms with Gasteiger partial charge in [-0.2, -0.15) is 0 Å². The SMILES string of the molecule is c1ccc(COc2ccc(NCCCN3CCC(Cc4ccccc4)CC3)cc2)cc1. The zero-order chi connectivity index (χ0) is 21.1. The predicted octanol–water partition coefficient (Wildman–Crippen LogP) is 6.02.